The van der Waals surface area contributed by atoms with E-state index in [1.165, 1.54) is 0 Å². The van der Waals surface area contributed by atoms with Crippen LogP contribution in [0.3, 0.4) is 0 Å². The maximum atomic E-state index is 12.8. The molecule has 0 radical (unpaired) electrons. The molecule has 2 amide bonds. The van der Waals surface area contributed by atoms with Crippen LogP contribution in [-0.4, -0.2) is 43.4 Å². The molecule has 164 valence electrons. The summed E-state index contributed by atoms with van der Waals surface area (Å²) in [6.45, 7) is 1.16. The Balaban J connectivity index is 1.58. The standard InChI is InChI=1S/C25H30N2O4/c1-27(25(30)26-15-17-7-8-17)22-13-20(19-5-3-2-4-6-19)11-12-21(22)14-23(24(28)29)31-16-18-9-10-18/h2-6,11-13,17-18,23H,7-10,14-16H2,1H3,(H,26,30)(H,28,29)/t23-/m0/s1. The van der Waals surface area contributed by atoms with Crippen molar-refractivity contribution in [2.75, 3.05) is 25.1 Å². The molecule has 4 rings (SSSR count). The van der Waals surface area contributed by atoms with Gasteiger partial charge in [-0.3, -0.25) is 4.90 Å². The fraction of sp³-hybridized carbons (Fsp3) is 0.440. The average Bonchev–Trinajstić information content (AvgIpc) is 3.70. The second kappa shape index (κ2) is 9.52. The monoisotopic (exact) mass is 422 g/mol. The predicted molar refractivity (Wildman–Crippen MR) is 120 cm³/mol. The van der Waals surface area contributed by atoms with Gasteiger partial charge >= 0.3 is 12.0 Å². The quantitative estimate of drug-likeness (QED) is 0.597. The molecule has 0 bridgehead atoms. The van der Waals surface area contributed by atoms with Crippen LogP contribution < -0.4 is 10.2 Å². The number of hydrogen-bond donors (Lipinski definition) is 2. The van der Waals surface area contributed by atoms with E-state index in [1.54, 1.807) is 11.9 Å². The Morgan fingerprint density at radius 2 is 1.77 bits per heavy atom. The Labute approximate surface area is 183 Å². The number of hydrogen-bond acceptors (Lipinski definition) is 3. The minimum Gasteiger partial charge on any atom is -0.479 e. The molecule has 6 nitrogen and oxygen atoms in total. The van der Waals surface area contributed by atoms with Crippen LogP contribution in [0.15, 0.2) is 48.5 Å². The van der Waals surface area contributed by atoms with Crippen molar-refractivity contribution in [3.63, 3.8) is 0 Å². The molecule has 0 spiro atoms. The molecule has 2 aliphatic rings. The molecule has 2 N–H and O–H groups in total. The number of urea groups is 1. The Morgan fingerprint density at radius 3 is 2.42 bits per heavy atom. The van der Waals surface area contributed by atoms with Crippen LogP contribution in [-0.2, 0) is 16.0 Å². The van der Waals surface area contributed by atoms with Gasteiger partial charge in [0, 0.05) is 25.7 Å². The summed E-state index contributed by atoms with van der Waals surface area (Å²) in [6.07, 6.45) is 3.83. The second-order valence-electron chi connectivity index (χ2n) is 8.71. The van der Waals surface area contributed by atoms with E-state index >= 15 is 0 Å². The molecule has 2 aromatic rings. The number of anilines is 1. The highest BCUT2D eigenvalue weighted by atomic mass is 16.5. The van der Waals surface area contributed by atoms with Gasteiger partial charge in [0.2, 0.25) is 0 Å². The first-order valence-electron chi connectivity index (χ1n) is 11.1. The summed E-state index contributed by atoms with van der Waals surface area (Å²) >= 11 is 0. The summed E-state index contributed by atoms with van der Waals surface area (Å²) in [7, 11) is 1.73. The molecule has 0 unspecified atom stereocenters. The molecule has 0 aliphatic heterocycles. The van der Waals surface area contributed by atoms with Crippen molar-refractivity contribution in [2.45, 2.75) is 38.2 Å². The van der Waals surface area contributed by atoms with Gasteiger partial charge in [0.05, 0.1) is 6.61 Å². The SMILES string of the molecule is CN(C(=O)NCC1CC1)c1cc(-c2ccccc2)ccc1C[C@H](OCC1CC1)C(=O)O. The highest BCUT2D eigenvalue weighted by molar-refractivity contribution is 5.93. The Bertz CT molecular complexity index is 922. The van der Waals surface area contributed by atoms with Crippen molar-refractivity contribution in [2.24, 2.45) is 11.8 Å². The summed E-state index contributed by atoms with van der Waals surface area (Å²) in [6, 6.07) is 15.6. The lowest BCUT2D eigenvalue weighted by molar-refractivity contribution is -0.150. The van der Waals surface area contributed by atoms with Gasteiger partial charge in [-0.2, -0.15) is 0 Å². The average molecular weight is 423 g/mol. The molecule has 0 saturated heterocycles. The number of carbonyl (C=O) groups is 2. The minimum absolute atomic E-state index is 0.177. The van der Waals surface area contributed by atoms with Crippen LogP contribution in [0.1, 0.15) is 31.2 Å². The van der Waals surface area contributed by atoms with Crippen LogP contribution in [0.4, 0.5) is 10.5 Å². The van der Waals surface area contributed by atoms with Crippen LogP contribution in [0.2, 0.25) is 0 Å². The Hall–Kier alpha value is -2.86. The summed E-state index contributed by atoms with van der Waals surface area (Å²) in [5, 5.41) is 12.7. The summed E-state index contributed by atoms with van der Waals surface area (Å²) in [5.74, 6) is 0.0944. The van der Waals surface area contributed by atoms with E-state index in [1.807, 2.05) is 48.5 Å². The second-order valence-corrected chi connectivity index (χ2v) is 8.71. The van der Waals surface area contributed by atoms with E-state index in [0.29, 0.717) is 30.7 Å². The largest absolute Gasteiger partial charge is 0.479 e. The molecule has 2 aliphatic carbocycles. The van der Waals surface area contributed by atoms with Gasteiger partial charge < -0.3 is 15.2 Å². The number of benzene rings is 2. The van der Waals surface area contributed by atoms with Crippen molar-refractivity contribution < 1.29 is 19.4 Å². The number of carbonyl (C=O) groups excluding carboxylic acids is 1. The van der Waals surface area contributed by atoms with Crippen LogP contribution in [0.5, 0.6) is 0 Å². The first-order valence-corrected chi connectivity index (χ1v) is 11.1. The summed E-state index contributed by atoms with van der Waals surface area (Å²) in [4.78, 5) is 26.2. The number of rotatable bonds is 10. The molecule has 0 heterocycles. The van der Waals surface area contributed by atoms with Gasteiger partial charge in [0.1, 0.15) is 0 Å². The van der Waals surface area contributed by atoms with Gasteiger partial charge in [-0.25, -0.2) is 9.59 Å². The number of nitrogens with one attached hydrogen (secondary N) is 1. The topological polar surface area (TPSA) is 78.9 Å². The molecule has 6 heteroatoms. The summed E-state index contributed by atoms with van der Waals surface area (Å²) < 4.78 is 5.71. The molecule has 2 fully saturated rings. The van der Waals surface area contributed by atoms with E-state index in [0.717, 1.165) is 42.4 Å². The number of carboxylic acids is 1. The number of amides is 2. The fourth-order valence-corrected chi connectivity index (χ4v) is 3.59. The number of ether oxygens (including phenoxy) is 1. The zero-order valence-electron chi connectivity index (χ0n) is 17.9. The number of aliphatic carboxylic acids is 1. The molecule has 2 aromatic carbocycles. The van der Waals surface area contributed by atoms with E-state index in [2.05, 4.69) is 5.32 Å². The molecular formula is C25H30N2O4. The van der Waals surface area contributed by atoms with Crippen LogP contribution >= 0.6 is 0 Å². The lowest BCUT2D eigenvalue weighted by atomic mass is 9.98. The lowest BCUT2D eigenvalue weighted by Crippen LogP contribution is -2.39. The Kier molecular flexibility index (Phi) is 6.56. The van der Waals surface area contributed by atoms with Gasteiger partial charge in [-0.05, 0) is 60.3 Å². The smallest absolute Gasteiger partial charge is 0.333 e. The summed E-state index contributed by atoms with van der Waals surface area (Å²) in [5.41, 5.74) is 3.51. The first kappa shape index (κ1) is 21.4. The van der Waals surface area contributed by atoms with Gasteiger partial charge in [-0.15, -0.1) is 0 Å². The van der Waals surface area contributed by atoms with E-state index in [9.17, 15) is 14.7 Å². The maximum Gasteiger partial charge on any atom is 0.333 e. The van der Waals surface area contributed by atoms with Crippen molar-refractivity contribution in [3.05, 3.63) is 54.1 Å². The lowest BCUT2D eigenvalue weighted by Gasteiger charge is -2.24. The molecule has 2 saturated carbocycles. The Morgan fingerprint density at radius 1 is 1.06 bits per heavy atom. The third-order valence-corrected chi connectivity index (χ3v) is 6.01. The minimum atomic E-state index is -0.973. The van der Waals surface area contributed by atoms with Gasteiger partial charge in [-0.1, -0.05) is 42.5 Å². The molecule has 0 aromatic heterocycles. The molecule has 31 heavy (non-hydrogen) atoms. The van der Waals surface area contributed by atoms with E-state index in [4.69, 9.17) is 4.74 Å². The first-order chi connectivity index (χ1) is 15.0. The fourth-order valence-electron chi connectivity index (χ4n) is 3.59. The van der Waals surface area contributed by atoms with E-state index in [-0.39, 0.29) is 12.5 Å². The van der Waals surface area contributed by atoms with Crippen LogP contribution in [0.25, 0.3) is 11.1 Å². The zero-order chi connectivity index (χ0) is 21.8. The maximum absolute atomic E-state index is 12.8. The van der Waals surface area contributed by atoms with E-state index < -0.39 is 12.1 Å². The molecular weight excluding hydrogens is 392 g/mol. The van der Waals surface area contributed by atoms with Crippen molar-refractivity contribution in [1.82, 2.24) is 5.32 Å². The number of carboxylic acid groups (broad SMARTS) is 1. The third kappa shape index (κ3) is 5.85. The third-order valence-electron chi connectivity index (χ3n) is 6.01. The van der Waals surface area contributed by atoms with Crippen molar-refractivity contribution >= 4 is 17.7 Å². The highest BCUT2D eigenvalue weighted by Crippen LogP contribution is 2.32. The molecule has 1 atom stereocenters. The predicted octanol–water partition coefficient (Wildman–Crippen LogP) is 4.33. The van der Waals surface area contributed by atoms with Crippen LogP contribution in [0, 0.1) is 11.8 Å². The van der Waals surface area contributed by atoms with Crippen molar-refractivity contribution in [1.29, 1.82) is 0 Å². The highest BCUT2D eigenvalue weighted by Gasteiger charge is 2.28. The normalized spacial score (nSPS) is 16.5. The van der Waals surface area contributed by atoms with Gasteiger partial charge in [0.15, 0.2) is 6.10 Å². The zero-order valence-corrected chi connectivity index (χ0v) is 17.9. The number of nitrogens with zero attached hydrogens (tertiary/aromatic N) is 1. The van der Waals surface area contributed by atoms with Crippen molar-refractivity contribution in [3.8, 4) is 11.1 Å². The van der Waals surface area contributed by atoms with Gasteiger partial charge in [0.25, 0.3) is 0 Å².